The van der Waals surface area contributed by atoms with Gasteiger partial charge in [-0.05, 0) is 52.9 Å². The van der Waals surface area contributed by atoms with E-state index in [1.54, 1.807) is 0 Å². The van der Waals surface area contributed by atoms with Crippen molar-refractivity contribution in [2.75, 3.05) is 17.2 Å². The van der Waals surface area contributed by atoms with Gasteiger partial charge < -0.3 is 10.6 Å². The van der Waals surface area contributed by atoms with Gasteiger partial charge in [0.05, 0.1) is 5.69 Å². The van der Waals surface area contributed by atoms with Crippen LogP contribution in [0.2, 0.25) is 0 Å². The quantitative estimate of drug-likeness (QED) is 0.773. The molecule has 0 bridgehead atoms. The molecule has 2 nitrogen and oxygen atoms in total. The van der Waals surface area contributed by atoms with Crippen molar-refractivity contribution >= 4 is 27.3 Å². The summed E-state index contributed by atoms with van der Waals surface area (Å²) in [6.07, 6.45) is 2.33. The summed E-state index contributed by atoms with van der Waals surface area (Å²) < 4.78 is 1.09. The van der Waals surface area contributed by atoms with Gasteiger partial charge in [-0.15, -0.1) is 0 Å². The molecule has 1 rings (SSSR count). The maximum atomic E-state index is 5.82. The highest BCUT2D eigenvalue weighted by Gasteiger charge is 2.18. The molecule has 0 heterocycles. The zero-order valence-electron chi connectivity index (χ0n) is 11.9. The van der Waals surface area contributed by atoms with Crippen molar-refractivity contribution in [1.82, 2.24) is 0 Å². The molecular formula is C15H25BrN2. The van der Waals surface area contributed by atoms with Gasteiger partial charge in [0, 0.05) is 22.7 Å². The van der Waals surface area contributed by atoms with E-state index in [1.165, 1.54) is 18.5 Å². The van der Waals surface area contributed by atoms with Gasteiger partial charge in [0.2, 0.25) is 0 Å². The lowest BCUT2D eigenvalue weighted by Crippen LogP contribution is -2.37. The van der Waals surface area contributed by atoms with Crippen LogP contribution in [0.1, 0.15) is 40.5 Å². The number of benzene rings is 1. The Bertz CT molecular complexity index is 373. The number of nitrogens with zero attached hydrogens (tertiary/aromatic N) is 1. The topological polar surface area (TPSA) is 29.3 Å². The van der Waals surface area contributed by atoms with Gasteiger partial charge in [0.1, 0.15) is 0 Å². The van der Waals surface area contributed by atoms with Gasteiger partial charge in [-0.1, -0.05) is 27.7 Å². The van der Waals surface area contributed by atoms with Crippen molar-refractivity contribution in [3.8, 4) is 0 Å². The minimum Gasteiger partial charge on any atom is -0.399 e. The Labute approximate surface area is 120 Å². The minimum atomic E-state index is 0.590. The molecule has 0 saturated heterocycles. The molecule has 0 aliphatic heterocycles. The summed E-state index contributed by atoms with van der Waals surface area (Å²) >= 11 is 3.64. The Kier molecular flexibility index (Phi) is 6.00. The van der Waals surface area contributed by atoms with Crippen LogP contribution >= 0.6 is 15.9 Å². The normalized spacial score (nSPS) is 11.3. The second-order valence-corrected chi connectivity index (χ2v) is 6.08. The molecule has 0 atom stereocenters. The van der Waals surface area contributed by atoms with Crippen LogP contribution in [0.25, 0.3) is 0 Å². The first kappa shape index (κ1) is 15.4. The Balaban J connectivity index is 3.08. The van der Waals surface area contributed by atoms with Crippen molar-refractivity contribution < 1.29 is 0 Å². The fourth-order valence-corrected chi connectivity index (χ4v) is 2.95. The molecule has 0 aliphatic carbocycles. The first-order chi connectivity index (χ1) is 8.49. The Morgan fingerprint density at radius 2 is 1.83 bits per heavy atom. The van der Waals surface area contributed by atoms with Crippen molar-refractivity contribution in [2.24, 2.45) is 5.92 Å². The van der Waals surface area contributed by atoms with Gasteiger partial charge in [-0.25, -0.2) is 0 Å². The van der Waals surface area contributed by atoms with Crippen molar-refractivity contribution in [1.29, 1.82) is 0 Å². The standard InChI is InChI=1S/C15H25BrN2/c1-5-13(6-2)18(10-11(3)4)15-8-7-12(17)9-14(15)16/h7-9,11,13H,5-6,10,17H2,1-4H3. The number of nitrogen functional groups attached to an aromatic ring is 1. The van der Waals surface area contributed by atoms with Crippen LogP contribution < -0.4 is 10.6 Å². The number of hydrogen-bond donors (Lipinski definition) is 1. The highest BCUT2D eigenvalue weighted by Crippen LogP contribution is 2.31. The average Bonchev–Trinajstić information content (AvgIpc) is 2.29. The predicted octanol–water partition coefficient (Wildman–Crippen LogP) is 4.68. The van der Waals surface area contributed by atoms with E-state index in [4.69, 9.17) is 5.73 Å². The maximum absolute atomic E-state index is 5.82. The molecule has 0 amide bonds. The Morgan fingerprint density at radius 3 is 2.28 bits per heavy atom. The van der Waals surface area contributed by atoms with E-state index in [-0.39, 0.29) is 0 Å². The molecule has 0 fully saturated rings. The van der Waals surface area contributed by atoms with Crippen molar-refractivity contribution in [2.45, 2.75) is 46.6 Å². The van der Waals surface area contributed by atoms with E-state index in [2.05, 4.69) is 54.6 Å². The van der Waals surface area contributed by atoms with Crippen molar-refractivity contribution in [3.63, 3.8) is 0 Å². The average molecular weight is 313 g/mol. The molecule has 0 aliphatic rings. The molecule has 0 spiro atoms. The van der Waals surface area contributed by atoms with Gasteiger partial charge >= 0.3 is 0 Å². The summed E-state index contributed by atoms with van der Waals surface area (Å²) in [7, 11) is 0. The molecule has 2 N–H and O–H groups in total. The van der Waals surface area contributed by atoms with Crippen LogP contribution in [-0.4, -0.2) is 12.6 Å². The fraction of sp³-hybridized carbons (Fsp3) is 0.600. The highest BCUT2D eigenvalue weighted by atomic mass is 79.9. The fourth-order valence-electron chi connectivity index (χ4n) is 2.32. The summed E-state index contributed by atoms with van der Waals surface area (Å²) in [5.74, 6) is 0.648. The third-order valence-corrected chi connectivity index (χ3v) is 3.86. The molecular weight excluding hydrogens is 288 g/mol. The molecule has 0 aromatic heterocycles. The predicted molar refractivity (Wildman–Crippen MR) is 85.1 cm³/mol. The number of halogens is 1. The Hall–Kier alpha value is -0.700. The second kappa shape index (κ2) is 7.03. The summed E-state index contributed by atoms with van der Waals surface area (Å²) in [6, 6.07) is 6.69. The smallest absolute Gasteiger partial charge is 0.0514 e. The largest absolute Gasteiger partial charge is 0.399 e. The van der Waals surface area contributed by atoms with Crippen LogP contribution in [-0.2, 0) is 0 Å². The zero-order chi connectivity index (χ0) is 13.7. The summed E-state index contributed by atoms with van der Waals surface area (Å²) in [6.45, 7) is 10.1. The molecule has 102 valence electrons. The van der Waals surface area contributed by atoms with Crippen LogP contribution in [0.3, 0.4) is 0 Å². The molecule has 3 heteroatoms. The third kappa shape index (κ3) is 3.91. The lowest BCUT2D eigenvalue weighted by Gasteiger charge is -2.35. The van der Waals surface area contributed by atoms with E-state index >= 15 is 0 Å². The van der Waals surface area contributed by atoms with Gasteiger partial charge in [-0.3, -0.25) is 0 Å². The van der Waals surface area contributed by atoms with Crippen LogP contribution in [0.4, 0.5) is 11.4 Å². The molecule has 0 unspecified atom stereocenters. The third-order valence-electron chi connectivity index (χ3n) is 3.23. The molecule has 0 radical (unpaired) electrons. The van der Waals surface area contributed by atoms with E-state index in [0.29, 0.717) is 12.0 Å². The van der Waals surface area contributed by atoms with Crippen LogP contribution in [0, 0.1) is 5.92 Å². The Morgan fingerprint density at radius 1 is 1.22 bits per heavy atom. The molecule has 0 saturated carbocycles. The molecule has 1 aromatic carbocycles. The zero-order valence-corrected chi connectivity index (χ0v) is 13.5. The van der Waals surface area contributed by atoms with Crippen molar-refractivity contribution in [3.05, 3.63) is 22.7 Å². The number of hydrogen-bond acceptors (Lipinski definition) is 2. The van der Waals surface area contributed by atoms with E-state index < -0.39 is 0 Å². The highest BCUT2D eigenvalue weighted by molar-refractivity contribution is 9.10. The number of rotatable bonds is 6. The van der Waals surface area contributed by atoms with E-state index in [1.807, 2.05) is 12.1 Å². The minimum absolute atomic E-state index is 0.590. The van der Waals surface area contributed by atoms with Gasteiger partial charge in [-0.2, -0.15) is 0 Å². The first-order valence-corrected chi connectivity index (χ1v) is 7.60. The van der Waals surface area contributed by atoms with Gasteiger partial charge in [0.15, 0.2) is 0 Å². The van der Waals surface area contributed by atoms with Gasteiger partial charge in [0.25, 0.3) is 0 Å². The number of nitrogens with two attached hydrogens (primary N) is 1. The summed E-state index contributed by atoms with van der Waals surface area (Å²) in [4.78, 5) is 2.51. The second-order valence-electron chi connectivity index (χ2n) is 5.23. The summed E-state index contributed by atoms with van der Waals surface area (Å²) in [5, 5.41) is 0. The maximum Gasteiger partial charge on any atom is 0.0514 e. The van der Waals surface area contributed by atoms with Crippen LogP contribution in [0.15, 0.2) is 22.7 Å². The lowest BCUT2D eigenvalue weighted by molar-refractivity contribution is 0.507. The SMILES string of the molecule is CCC(CC)N(CC(C)C)c1ccc(N)cc1Br. The summed E-state index contributed by atoms with van der Waals surface area (Å²) in [5.41, 5.74) is 7.88. The lowest BCUT2D eigenvalue weighted by atomic mass is 10.1. The number of anilines is 2. The van der Waals surface area contributed by atoms with E-state index in [9.17, 15) is 0 Å². The van der Waals surface area contributed by atoms with Crippen LogP contribution in [0.5, 0.6) is 0 Å². The molecule has 1 aromatic rings. The van der Waals surface area contributed by atoms with E-state index in [0.717, 1.165) is 16.7 Å². The first-order valence-electron chi connectivity index (χ1n) is 6.81. The monoisotopic (exact) mass is 312 g/mol. The molecule has 18 heavy (non-hydrogen) atoms.